The Hall–Kier alpha value is -2.49. The minimum Gasteiger partial charge on any atom is -0.478 e. The predicted octanol–water partition coefficient (Wildman–Crippen LogP) is 0.769. The second-order valence-electron chi connectivity index (χ2n) is 7.01. The molecule has 158 valence electrons. The Morgan fingerprint density at radius 2 is 1.62 bits per heavy atom. The van der Waals surface area contributed by atoms with Crippen LogP contribution < -0.4 is 4.74 Å². The molecule has 8 nitrogen and oxygen atoms in total. The summed E-state index contributed by atoms with van der Waals surface area (Å²) < 4.78 is 5.32. The lowest BCUT2D eigenvalue weighted by Gasteiger charge is -2.29. The van der Waals surface area contributed by atoms with Crippen molar-refractivity contribution in [3.63, 3.8) is 0 Å². The fourth-order valence-corrected chi connectivity index (χ4v) is 2.81. The summed E-state index contributed by atoms with van der Waals surface area (Å²) in [7, 11) is 0. The first kappa shape index (κ1) is 22.8. The van der Waals surface area contributed by atoms with Crippen molar-refractivity contribution in [1.82, 2.24) is 0 Å². The van der Waals surface area contributed by atoms with Gasteiger partial charge in [-0.1, -0.05) is 25.1 Å². The quantitative estimate of drug-likeness (QED) is 0.335. The number of carboxylic acids is 1. The molecule has 0 saturated heterocycles. The maximum absolute atomic E-state index is 11.1. The molecular formula is C21H26O8. The Bertz CT molecular complexity index is 837. The highest BCUT2D eigenvalue weighted by Gasteiger charge is 2.34. The summed E-state index contributed by atoms with van der Waals surface area (Å²) in [5.41, 5.74) is 2.19. The van der Waals surface area contributed by atoms with Crippen molar-refractivity contribution in [3.05, 3.63) is 53.6 Å². The van der Waals surface area contributed by atoms with E-state index in [1.807, 2.05) is 0 Å². The third kappa shape index (κ3) is 5.53. The van der Waals surface area contributed by atoms with Crippen molar-refractivity contribution >= 4 is 5.97 Å². The Morgan fingerprint density at radius 1 is 0.966 bits per heavy atom. The highest BCUT2D eigenvalue weighted by atomic mass is 16.6. The second-order valence-corrected chi connectivity index (χ2v) is 7.01. The first-order chi connectivity index (χ1) is 13.6. The lowest BCUT2D eigenvalue weighted by Crippen LogP contribution is -2.49. The number of aliphatic hydroxyl groups excluding tert-OH is 5. The van der Waals surface area contributed by atoms with E-state index < -0.39 is 43.1 Å². The van der Waals surface area contributed by atoms with Gasteiger partial charge in [0.25, 0.3) is 0 Å². The highest BCUT2D eigenvalue weighted by molar-refractivity contribution is 5.89. The number of benzene rings is 2. The highest BCUT2D eigenvalue weighted by Crippen LogP contribution is 2.28. The molecule has 0 aromatic heterocycles. The second kappa shape index (κ2) is 9.82. The van der Waals surface area contributed by atoms with Crippen LogP contribution in [0.3, 0.4) is 0 Å². The Labute approximate surface area is 168 Å². The largest absolute Gasteiger partial charge is 0.478 e. The first-order valence-electron chi connectivity index (χ1n) is 9.09. The third-order valence-corrected chi connectivity index (χ3v) is 4.73. The van der Waals surface area contributed by atoms with Gasteiger partial charge >= 0.3 is 5.97 Å². The van der Waals surface area contributed by atoms with Gasteiger partial charge in [0.15, 0.2) is 0 Å². The van der Waals surface area contributed by atoms with Gasteiger partial charge in [-0.15, -0.1) is 0 Å². The van der Waals surface area contributed by atoms with Gasteiger partial charge in [-0.25, -0.2) is 4.79 Å². The average molecular weight is 406 g/mol. The minimum absolute atomic E-state index is 0.156. The molecule has 5 atom stereocenters. The molecule has 0 aliphatic rings. The smallest absolute Gasteiger partial charge is 0.335 e. The first-order valence-corrected chi connectivity index (χ1v) is 9.09. The number of hydrogen-bond acceptors (Lipinski definition) is 7. The average Bonchev–Trinajstić information content (AvgIpc) is 2.72. The lowest BCUT2D eigenvalue weighted by atomic mass is 9.96. The van der Waals surface area contributed by atoms with Gasteiger partial charge in [-0.05, 0) is 47.9 Å². The van der Waals surface area contributed by atoms with Crippen LogP contribution in [0, 0.1) is 12.8 Å². The molecule has 6 N–H and O–H groups in total. The van der Waals surface area contributed by atoms with Crippen LogP contribution in [0.25, 0.3) is 11.1 Å². The molecule has 0 fully saturated rings. The van der Waals surface area contributed by atoms with Gasteiger partial charge in [0.1, 0.15) is 18.0 Å². The fraction of sp³-hybridized carbons (Fsp3) is 0.381. The summed E-state index contributed by atoms with van der Waals surface area (Å²) in [5.74, 6) is -1.49. The van der Waals surface area contributed by atoms with E-state index in [9.17, 15) is 25.2 Å². The van der Waals surface area contributed by atoms with Crippen LogP contribution in [0.15, 0.2) is 42.5 Å². The molecule has 0 spiro atoms. The van der Waals surface area contributed by atoms with Crippen molar-refractivity contribution in [2.45, 2.75) is 38.4 Å². The number of aromatic carboxylic acids is 1. The van der Waals surface area contributed by atoms with Crippen LogP contribution in [-0.4, -0.2) is 67.8 Å². The number of rotatable bonds is 9. The molecule has 8 heteroatoms. The van der Waals surface area contributed by atoms with Crippen molar-refractivity contribution < 1.29 is 40.2 Å². The normalized spacial score (nSPS) is 16.5. The van der Waals surface area contributed by atoms with Crippen LogP contribution in [0.1, 0.15) is 22.8 Å². The Kier molecular flexibility index (Phi) is 7.72. The van der Waals surface area contributed by atoms with Gasteiger partial charge in [-0.2, -0.15) is 0 Å². The van der Waals surface area contributed by atoms with Crippen molar-refractivity contribution in [1.29, 1.82) is 0 Å². The third-order valence-electron chi connectivity index (χ3n) is 4.73. The number of carboxylic acid groups (broad SMARTS) is 1. The molecule has 0 heterocycles. The number of hydrogen-bond donors (Lipinski definition) is 6. The van der Waals surface area contributed by atoms with Gasteiger partial charge < -0.3 is 35.4 Å². The number of ether oxygens (including phenoxy) is 1. The van der Waals surface area contributed by atoms with E-state index >= 15 is 0 Å². The summed E-state index contributed by atoms with van der Waals surface area (Å²) in [6.45, 7) is 2.79. The number of aliphatic hydroxyl groups is 5. The van der Waals surface area contributed by atoms with Crippen molar-refractivity contribution in [3.8, 4) is 16.9 Å². The van der Waals surface area contributed by atoms with E-state index in [1.165, 1.54) is 19.1 Å². The summed E-state index contributed by atoms with van der Waals surface area (Å²) >= 11 is 0. The molecule has 2 aromatic carbocycles. The van der Waals surface area contributed by atoms with Gasteiger partial charge in [0.05, 0.1) is 11.7 Å². The van der Waals surface area contributed by atoms with Crippen LogP contribution in [0.4, 0.5) is 0 Å². The summed E-state index contributed by atoms with van der Waals surface area (Å²) in [6.07, 6.45) is -6.78. The van der Waals surface area contributed by atoms with Gasteiger partial charge in [0, 0.05) is 12.5 Å². The van der Waals surface area contributed by atoms with E-state index in [0.29, 0.717) is 11.1 Å². The topological polar surface area (TPSA) is 148 Å². The SMILES string of the molecule is Cc1cc(-c2cccc(C(=O)O)c2)ccc1OC(O)C(O)C(O)C(O)C(C)CO. The van der Waals surface area contributed by atoms with Gasteiger partial charge in [0.2, 0.25) is 6.29 Å². The molecule has 0 aliphatic carbocycles. The molecule has 2 aromatic rings. The molecule has 0 radical (unpaired) electrons. The Balaban J connectivity index is 2.14. The van der Waals surface area contributed by atoms with E-state index in [0.717, 1.165) is 5.56 Å². The summed E-state index contributed by atoms with van der Waals surface area (Å²) in [6, 6.07) is 11.4. The molecule has 0 aliphatic heterocycles. The molecule has 0 amide bonds. The maximum Gasteiger partial charge on any atom is 0.335 e. The summed E-state index contributed by atoms with van der Waals surface area (Å²) in [4.78, 5) is 11.1. The standard InChI is InChI=1S/C21H26O8/c1-11-8-14(13-4-3-5-15(9-13)20(26)27)6-7-16(11)29-21(28)19(25)18(24)17(23)12(2)10-22/h3-9,12,17-19,21-25,28H,10H2,1-2H3,(H,26,27). The molecule has 0 saturated carbocycles. The van der Waals surface area contributed by atoms with Gasteiger partial charge in [-0.3, -0.25) is 0 Å². The zero-order valence-electron chi connectivity index (χ0n) is 16.1. The van der Waals surface area contributed by atoms with Crippen LogP contribution >= 0.6 is 0 Å². The molecule has 5 unspecified atom stereocenters. The number of carbonyl (C=O) groups is 1. The molecule has 0 bridgehead atoms. The van der Waals surface area contributed by atoms with E-state index in [4.69, 9.17) is 14.9 Å². The maximum atomic E-state index is 11.1. The summed E-state index contributed by atoms with van der Waals surface area (Å²) in [5, 5.41) is 58.1. The zero-order valence-corrected chi connectivity index (χ0v) is 16.1. The molecule has 29 heavy (non-hydrogen) atoms. The van der Waals surface area contributed by atoms with Crippen molar-refractivity contribution in [2.75, 3.05) is 6.61 Å². The van der Waals surface area contributed by atoms with Crippen LogP contribution in [0.5, 0.6) is 5.75 Å². The fourth-order valence-electron chi connectivity index (χ4n) is 2.81. The monoisotopic (exact) mass is 406 g/mol. The van der Waals surface area contributed by atoms with E-state index in [1.54, 1.807) is 37.3 Å². The zero-order chi connectivity index (χ0) is 21.7. The van der Waals surface area contributed by atoms with E-state index in [2.05, 4.69) is 0 Å². The molecular weight excluding hydrogens is 380 g/mol. The minimum atomic E-state index is -1.81. The van der Waals surface area contributed by atoms with E-state index in [-0.39, 0.29) is 11.3 Å². The predicted molar refractivity (Wildman–Crippen MR) is 104 cm³/mol. The molecule has 2 rings (SSSR count). The lowest BCUT2D eigenvalue weighted by molar-refractivity contribution is -0.172. The van der Waals surface area contributed by atoms with Crippen LogP contribution in [0.2, 0.25) is 0 Å². The number of aryl methyl sites for hydroxylation is 1. The Morgan fingerprint density at radius 3 is 2.21 bits per heavy atom. The van der Waals surface area contributed by atoms with Crippen LogP contribution in [-0.2, 0) is 0 Å². The van der Waals surface area contributed by atoms with Crippen molar-refractivity contribution in [2.24, 2.45) is 5.92 Å².